The van der Waals surface area contributed by atoms with Gasteiger partial charge in [0.15, 0.2) is 0 Å². The van der Waals surface area contributed by atoms with Crippen molar-refractivity contribution in [2.45, 2.75) is 32.4 Å². The predicted octanol–water partition coefficient (Wildman–Crippen LogP) is 2.57. The number of amides is 2. The number of likely N-dealkylation sites (tertiary alicyclic amines) is 1. The van der Waals surface area contributed by atoms with Crippen LogP contribution in [0.25, 0.3) is 0 Å². The van der Waals surface area contributed by atoms with Gasteiger partial charge in [0.05, 0.1) is 17.7 Å². The average Bonchev–Trinajstić information content (AvgIpc) is 3.25. The van der Waals surface area contributed by atoms with E-state index < -0.39 is 0 Å². The Morgan fingerprint density at radius 3 is 3.00 bits per heavy atom. The van der Waals surface area contributed by atoms with Crippen LogP contribution in [0.2, 0.25) is 0 Å². The number of thiophene rings is 1. The zero-order chi connectivity index (χ0) is 15.5. The molecule has 5 nitrogen and oxygen atoms in total. The average molecular weight is 318 g/mol. The molecule has 0 saturated carbocycles. The second-order valence-electron chi connectivity index (χ2n) is 5.39. The summed E-state index contributed by atoms with van der Waals surface area (Å²) in [6.45, 7) is 2.91. The first kappa shape index (κ1) is 14.8. The smallest absolute Gasteiger partial charge is 0.264 e. The summed E-state index contributed by atoms with van der Waals surface area (Å²) in [6, 6.07) is 5.14. The van der Waals surface area contributed by atoms with Crippen molar-refractivity contribution in [1.29, 1.82) is 0 Å². The third-order valence-electron chi connectivity index (χ3n) is 3.89. The molecule has 0 radical (unpaired) electrons. The second-order valence-corrected chi connectivity index (χ2v) is 6.30. The lowest BCUT2D eigenvalue weighted by atomic mass is 10.2. The van der Waals surface area contributed by atoms with Gasteiger partial charge >= 0.3 is 0 Å². The summed E-state index contributed by atoms with van der Waals surface area (Å²) in [5, 5.41) is 4.76. The lowest BCUT2D eigenvalue weighted by molar-refractivity contribution is -0.125. The minimum Gasteiger partial charge on any atom is -0.467 e. The largest absolute Gasteiger partial charge is 0.467 e. The van der Waals surface area contributed by atoms with E-state index in [-0.39, 0.29) is 17.9 Å². The van der Waals surface area contributed by atoms with Crippen LogP contribution >= 0.6 is 11.3 Å². The molecule has 3 rings (SSSR count). The lowest BCUT2D eigenvalue weighted by Crippen LogP contribution is -2.45. The van der Waals surface area contributed by atoms with E-state index >= 15 is 0 Å². The molecule has 0 bridgehead atoms. The minimum absolute atomic E-state index is 0.0388. The number of furan rings is 1. The molecule has 2 amide bonds. The summed E-state index contributed by atoms with van der Waals surface area (Å²) in [6.07, 6.45) is 3.14. The molecule has 2 aromatic rings. The van der Waals surface area contributed by atoms with Crippen molar-refractivity contribution in [1.82, 2.24) is 10.2 Å². The van der Waals surface area contributed by atoms with Gasteiger partial charge in [-0.05, 0) is 48.9 Å². The molecule has 1 saturated heterocycles. The first-order valence-corrected chi connectivity index (χ1v) is 8.20. The third kappa shape index (κ3) is 2.92. The standard InChI is InChI=1S/C16H18N2O3S/c1-11-6-9-22-14(11)16(20)18-7-2-5-13(18)15(19)17-10-12-4-3-8-21-12/h3-4,6,8-9,13H,2,5,7,10H2,1H3,(H,17,19). The maximum atomic E-state index is 12.6. The lowest BCUT2D eigenvalue weighted by Gasteiger charge is -2.23. The van der Waals surface area contributed by atoms with E-state index in [0.717, 1.165) is 16.9 Å². The molecule has 0 aromatic carbocycles. The highest BCUT2D eigenvalue weighted by Gasteiger charge is 2.35. The van der Waals surface area contributed by atoms with Crippen molar-refractivity contribution in [3.63, 3.8) is 0 Å². The van der Waals surface area contributed by atoms with E-state index in [2.05, 4.69) is 5.32 Å². The molecule has 0 aliphatic carbocycles. The van der Waals surface area contributed by atoms with Crippen LogP contribution in [-0.2, 0) is 11.3 Å². The van der Waals surface area contributed by atoms with Gasteiger partial charge in [-0.3, -0.25) is 9.59 Å². The van der Waals surface area contributed by atoms with Crippen molar-refractivity contribution in [2.75, 3.05) is 6.54 Å². The van der Waals surface area contributed by atoms with E-state index in [1.807, 2.05) is 24.4 Å². The number of nitrogens with one attached hydrogen (secondary N) is 1. The van der Waals surface area contributed by atoms with E-state index in [1.165, 1.54) is 11.3 Å². The van der Waals surface area contributed by atoms with Gasteiger partial charge in [-0.25, -0.2) is 0 Å². The maximum Gasteiger partial charge on any atom is 0.264 e. The van der Waals surface area contributed by atoms with Crippen LogP contribution in [0, 0.1) is 6.92 Å². The molecular weight excluding hydrogens is 300 g/mol. The summed E-state index contributed by atoms with van der Waals surface area (Å²) >= 11 is 1.43. The SMILES string of the molecule is Cc1ccsc1C(=O)N1CCCC1C(=O)NCc1ccco1. The van der Waals surface area contributed by atoms with Gasteiger partial charge in [-0.1, -0.05) is 0 Å². The normalized spacial score (nSPS) is 17.7. The first-order valence-electron chi connectivity index (χ1n) is 7.32. The quantitative estimate of drug-likeness (QED) is 0.942. The summed E-state index contributed by atoms with van der Waals surface area (Å²) < 4.78 is 5.20. The highest BCUT2D eigenvalue weighted by atomic mass is 32.1. The van der Waals surface area contributed by atoms with Crippen molar-refractivity contribution in [3.8, 4) is 0 Å². The van der Waals surface area contributed by atoms with Gasteiger partial charge in [0.2, 0.25) is 5.91 Å². The Morgan fingerprint density at radius 2 is 2.32 bits per heavy atom. The maximum absolute atomic E-state index is 12.6. The van der Waals surface area contributed by atoms with Gasteiger partial charge in [0.25, 0.3) is 5.91 Å². The summed E-state index contributed by atoms with van der Waals surface area (Å²) in [5.41, 5.74) is 0.969. The van der Waals surface area contributed by atoms with E-state index in [0.29, 0.717) is 25.3 Å². The van der Waals surface area contributed by atoms with Crippen LogP contribution in [-0.4, -0.2) is 29.3 Å². The number of hydrogen-bond donors (Lipinski definition) is 1. The summed E-state index contributed by atoms with van der Waals surface area (Å²) in [4.78, 5) is 27.4. The van der Waals surface area contributed by atoms with Crippen LogP contribution in [0.3, 0.4) is 0 Å². The molecule has 1 unspecified atom stereocenters. The van der Waals surface area contributed by atoms with Gasteiger partial charge in [-0.2, -0.15) is 0 Å². The zero-order valence-corrected chi connectivity index (χ0v) is 13.2. The van der Waals surface area contributed by atoms with Gasteiger partial charge in [0, 0.05) is 6.54 Å². The third-order valence-corrected chi connectivity index (χ3v) is 4.89. The Hall–Kier alpha value is -2.08. The minimum atomic E-state index is -0.385. The molecule has 1 N–H and O–H groups in total. The van der Waals surface area contributed by atoms with Crippen LogP contribution in [0.1, 0.15) is 33.8 Å². The van der Waals surface area contributed by atoms with Gasteiger partial charge in [-0.15, -0.1) is 11.3 Å². The predicted molar refractivity (Wildman–Crippen MR) is 83.7 cm³/mol. The molecule has 3 heterocycles. The monoisotopic (exact) mass is 318 g/mol. The van der Waals surface area contributed by atoms with Crippen molar-refractivity contribution < 1.29 is 14.0 Å². The molecule has 1 aliphatic rings. The van der Waals surface area contributed by atoms with E-state index in [9.17, 15) is 9.59 Å². The Bertz CT molecular complexity index is 663. The molecule has 2 aromatic heterocycles. The zero-order valence-electron chi connectivity index (χ0n) is 12.4. The van der Waals surface area contributed by atoms with Crippen molar-refractivity contribution in [2.24, 2.45) is 0 Å². The number of carbonyl (C=O) groups excluding carboxylic acids is 2. The second kappa shape index (κ2) is 6.36. The number of aryl methyl sites for hydroxylation is 1. The fraction of sp³-hybridized carbons (Fsp3) is 0.375. The topological polar surface area (TPSA) is 62.6 Å². The number of hydrogen-bond acceptors (Lipinski definition) is 4. The summed E-state index contributed by atoms with van der Waals surface area (Å²) in [7, 11) is 0. The Balaban J connectivity index is 1.66. The van der Waals surface area contributed by atoms with E-state index in [1.54, 1.807) is 17.2 Å². The number of rotatable bonds is 4. The Labute approximate surface area is 132 Å². The molecule has 1 fully saturated rings. The highest BCUT2D eigenvalue weighted by Crippen LogP contribution is 2.24. The van der Waals surface area contributed by atoms with Crippen molar-refractivity contribution in [3.05, 3.63) is 46.0 Å². The first-order chi connectivity index (χ1) is 10.7. The fourth-order valence-corrected chi connectivity index (χ4v) is 3.59. The molecule has 1 atom stereocenters. The highest BCUT2D eigenvalue weighted by molar-refractivity contribution is 7.12. The molecule has 1 aliphatic heterocycles. The van der Waals surface area contributed by atoms with Crippen LogP contribution in [0.5, 0.6) is 0 Å². The van der Waals surface area contributed by atoms with Gasteiger partial charge in [0.1, 0.15) is 11.8 Å². The van der Waals surface area contributed by atoms with E-state index in [4.69, 9.17) is 4.42 Å². The van der Waals surface area contributed by atoms with Crippen LogP contribution in [0.15, 0.2) is 34.3 Å². The Morgan fingerprint density at radius 1 is 1.45 bits per heavy atom. The number of nitrogens with zero attached hydrogens (tertiary/aromatic N) is 1. The van der Waals surface area contributed by atoms with Gasteiger partial charge < -0.3 is 14.6 Å². The van der Waals surface area contributed by atoms with Crippen molar-refractivity contribution >= 4 is 23.2 Å². The fourth-order valence-electron chi connectivity index (χ4n) is 2.71. The Kier molecular flexibility index (Phi) is 4.29. The molecule has 0 spiro atoms. The number of carbonyl (C=O) groups is 2. The molecule has 22 heavy (non-hydrogen) atoms. The molecule has 116 valence electrons. The molecular formula is C16H18N2O3S. The van der Waals surface area contributed by atoms with Crippen LogP contribution < -0.4 is 5.32 Å². The molecule has 6 heteroatoms. The summed E-state index contributed by atoms with van der Waals surface area (Å²) in [5.74, 6) is 0.554. The van der Waals surface area contributed by atoms with Crippen LogP contribution in [0.4, 0.5) is 0 Å².